The highest BCUT2D eigenvalue weighted by molar-refractivity contribution is 7.91. The van der Waals surface area contributed by atoms with Crippen LogP contribution in [0.15, 0.2) is 24.3 Å². The van der Waals surface area contributed by atoms with Crippen molar-refractivity contribution in [2.24, 2.45) is 0 Å². The van der Waals surface area contributed by atoms with E-state index in [2.05, 4.69) is 0 Å². The van der Waals surface area contributed by atoms with E-state index in [-0.39, 0.29) is 5.75 Å². The minimum absolute atomic E-state index is 0.0826. The Hall–Kier alpha value is -1.03. The van der Waals surface area contributed by atoms with Crippen molar-refractivity contribution in [1.29, 1.82) is 0 Å². The van der Waals surface area contributed by atoms with Gasteiger partial charge in [-0.25, -0.2) is 8.42 Å². The fourth-order valence-corrected chi connectivity index (χ4v) is 1.65. The van der Waals surface area contributed by atoms with Gasteiger partial charge in [-0.3, -0.25) is 0 Å². The summed E-state index contributed by atoms with van der Waals surface area (Å²) in [6.45, 7) is 3.24. The summed E-state index contributed by atoms with van der Waals surface area (Å²) >= 11 is 0. The number of sulfone groups is 1. The summed E-state index contributed by atoms with van der Waals surface area (Å²) in [5.74, 6) is 0.0826. The molecule has 0 aliphatic rings. The van der Waals surface area contributed by atoms with Gasteiger partial charge in [-0.05, 0) is 31.5 Å². The van der Waals surface area contributed by atoms with Crippen LogP contribution < -0.4 is 0 Å². The van der Waals surface area contributed by atoms with E-state index < -0.39 is 14.6 Å². The average Bonchev–Trinajstić information content (AvgIpc) is 2.02. The van der Waals surface area contributed by atoms with Crippen LogP contribution in [0.25, 0.3) is 0 Å². The molecule has 0 saturated carbocycles. The lowest BCUT2D eigenvalue weighted by atomic mass is 10.0. The molecule has 0 aromatic heterocycles. The van der Waals surface area contributed by atoms with E-state index in [4.69, 9.17) is 0 Å². The number of hydrogen-bond donors (Lipinski definition) is 1. The van der Waals surface area contributed by atoms with Gasteiger partial charge in [-0.15, -0.1) is 0 Å². The van der Waals surface area contributed by atoms with Gasteiger partial charge in [-0.1, -0.05) is 12.1 Å². The van der Waals surface area contributed by atoms with Crippen molar-refractivity contribution >= 4 is 9.84 Å². The Morgan fingerprint density at radius 2 is 1.86 bits per heavy atom. The first-order valence-electron chi connectivity index (χ1n) is 4.24. The molecule has 0 aliphatic carbocycles. The molecule has 0 aliphatic heterocycles. The van der Waals surface area contributed by atoms with Crippen LogP contribution in [0.2, 0.25) is 0 Å². The lowest BCUT2D eigenvalue weighted by molar-refractivity contribution is 0.473. The first kappa shape index (κ1) is 11.0. The van der Waals surface area contributed by atoms with E-state index >= 15 is 0 Å². The predicted octanol–water partition coefficient (Wildman–Crippen LogP) is 1.67. The molecule has 0 heterocycles. The van der Waals surface area contributed by atoms with Gasteiger partial charge in [0, 0.05) is 6.26 Å². The second-order valence-corrected chi connectivity index (χ2v) is 6.40. The molecular formula is C10H14O3S. The maximum Gasteiger partial charge on any atom is 0.156 e. The fourth-order valence-electron chi connectivity index (χ4n) is 1.09. The molecule has 1 N–H and O–H groups in total. The quantitative estimate of drug-likeness (QED) is 0.814. The number of aromatic hydroxyl groups is 1. The number of rotatable bonds is 2. The minimum atomic E-state index is -3.18. The summed E-state index contributed by atoms with van der Waals surface area (Å²) in [4.78, 5) is 0. The van der Waals surface area contributed by atoms with E-state index in [0.29, 0.717) is 5.56 Å². The van der Waals surface area contributed by atoms with Crippen LogP contribution in [0.5, 0.6) is 5.75 Å². The third kappa shape index (κ3) is 1.90. The molecule has 0 saturated heterocycles. The van der Waals surface area contributed by atoms with Gasteiger partial charge in [0.2, 0.25) is 0 Å². The van der Waals surface area contributed by atoms with Crippen LogP contribution >= 0.6 is 0 Å². The van der Waals surface area contributed by atoms with Crippen molar-refractivity contribution in [3.63, 3.8) is 0 Å². The highest BCUT2D eigenvalue weighted by atomic mass is 32.2. The molecule has 0 amide bonds. The van der Waals surface area contributed by atoms with Gasteiger partial charge in [0.15, 0.2) is 9.84 Å². The van der Waals surface area contributed by atoms with Gasteiger partial charge in [0.1, 0.15) is 5.75 Å². The highest BCUT2D eigenvalue weighted by Crippen LogP contribution is 2.30. The lowest BCUT2D eigenvalue weighted by Crippen LogP contribution is -2.27. The van der Waals surface area contributed by atoms with Crippen molar-refractivity contribution in [2.75, 3.05) is 6.26 Å². The summed E-state index contributed by atoms with van der Waals surface area (Å²) < 4.78 is 22.0. The second kappa shape index (κ2) is 3.28. The fraction of sp³-hybridized carbons (Fsp3) is 0.400. The van der Waals surface area contributed by atoms with Crippen LogP contribution in [0.3, 0.4) is 0 Å². The standard InChI is InChI=1S/C10H14O3S/c1-10(2,14(3,12)13)8-5-4-6-9(11)7-8/h4-7,11H,1-3H3. The van der Waals surface area contributed by atoms with Gasteiger partial charge >= 0.3 is 0 Å². The van der Waals surface area contributed by atoms with Crippen molar-refractivity contribution in [3.8, 4) is 5.75 Å². The molecule has 78 valence electrons. The number of hydrogen-bond acceptors (Lipinski definition) is 3. The normalized spacial score (nSPS) is 12.8. The Morgan fingerprint density at radius 3 is 2.29 bits per heavy atom. The summed E-state index contributed by atoms with van der Waals surface area (Å²) in [7, 11) is -3.18. The van der Waals surface area contributed by atoms with Crippen molar-refractivity contribution < 1.29 is 13.5 Å². The lowest BCUT2D eigenvalue weighted by Gasteiger charge is -2.22. The van der Waals surface area contributed by atoms with Crippen molar-refractivity contribution in [3.05, 3.63) is 29.8 Å². The van der Waals surface area contributed by atoms with Crippen LogP contribution in [0, 0.1) is 0 Å². The summed E-state index contributed by atoms with van der Waals surface area (Å²) in [5.41, 5.74) is 0.597. The molecule has 14 heavy (non-hydrogen) atoms. The molecule has 0 atom stereocenters. The molecule has 1 aromatic carbocycles. The number of benzene rings is 1. The van der Waals surface area contributed by atoms with Crippen LogP contribution in [0.1, 0.15) is 19.4 Å². The Bertz CT molecular complexity index is 432. The molecule has 0 radical (unpaired) electrons. The number of phenolic OH excluding ortho intramolecular Hbond substituents is 1. The SMILES string of the molecule is CC(C)(c1cccc(O)c1)S(C)(=O)=O. The average molecular weight is 214 g/mol. The Labute approximate surface area is 84.3 Å². The van der Waals surface area contributed by atoms with Crippen LogP contribution in [0.4, 0.5) is 0 Å². The first-order chi connectivity index (χ1) is 6.25. The molecule has 1 aromatic rings. The zero-order valence-electron chi connectivity index (χ0n) is 8.48. The van der Waals surface area contributed by atoms with Crippen LogP contribution in [-0.2, 0) is 14.6 Å². The molecular weight excluding hydrogens is 200 g/mol. The summed E-state index contributed by atoms with van der Waals surface area (Å²) in [5, 5.41) is 9.25. The van der Waals surface area contributed by atoms with Crippen molar-refractivity contribution in [1.82, 2.24) is 0 Å². The maximum atomic E-state index is 11.5. The van der Waals surface area contributed by atoms with E-state index in [1.807, 2.05) is 0 Å². The minimum Gasteiger partial charge on any atom is -0.508 e. The third-order valence-corrected chi connectivity index (χ3v) is 4.56. The molecule has 0 fully saturated rings. The smallest absolute Gasteiger partial charge is 0.156 e. The topological polar surface area (TPSA) is 54.4 Å². The third-order valence-electron chi connectivity index (χ3n) is 2.47. The van der Waals surface area contributed by atoms with Gasteiger partial charge < -0.3 is 5.11 Å². The van der Waals surface area contributed by atoms with Crippen molar-refractivity contribution in [2.45, 2.75) is 18.6 Å². The highest BCUT2D eigenvalue weighted by Gasteiger charge is 2.32. The molecule has 1 rings (SSSR count). The maximum absolute atomic E-state index is 11.5. The van der Waals surface area contributed by atoms with Gasteiger partial charge in [-0.2, -0.15) is 0 Å². The molecule has 0 unspecified atom stereocenters. The monoisotopic (exact) mass is 214 g/mol. The van der Waals surface area contributed by atoms with Gasteiger partial charge in [0.05, 0.1) is 4.75 Å². The molecule has 4 heteroatoms. The first-order valence-corrected chi connectivity index (χ1v) is 6.13. The second-order valence-electron chi connectivity index (χ2n) is 3.83. The predicted molar refractivity (Wildman–Crippen MR) is 56.0 cm³/mol. The molecule has 0 spiro atoms. The summed E-state index contributed by atoms with van der Waals surface area (Å²) in [6, 6.07) is 6.32. The van der Waals surface area contributed by atoms with E-state index in [1.54, 1.807) is 26.0 Å². The molecule has 0 bridgehead atoms. The van der Waals surface area contributed by atoms with Gasteiger partial charge in [0.25, 0.3) is 0 Å². The largest absolute Gasteiger partial charge is 0.508 e. The summed E-state index contributed by atoms with van der Waals surface area (Å²) in [6.07, 6.45) is 1.19. The Morgan fingerprint density at radius 1 is 1.29 bits per heavy atom. The zero-order valence-corrected chi connectivity index (χ0v) is 9.30. The van der Waals surface area contributed by atoms with E-state index in [1.165, 1.54) is 18.4 Å². The van der Waals surface area contributed by atoms with E-state index in [0.717, 1.165) is 0 Å². The Balaban J connectivity index is 3.31. The molecule has 3 nitrogen and oxygen atoms in total. The Kier molecular flexibility index (Phi) is 2.58. The zero-order chi connectivity index (χ0) is 11.0. The van der Waals surface area contributed by atoms with E-state index in [9.17, 15) is 13.5 Å². The number of phenols is 1. The van der Waals surface area contributed by atoms with Crippen LogP contribution in [-0.4, -0.2) is 19.8 Å².